The summed E-state index contributed by atoms with van der Waals surface area (Å²) in [5.41, 5.74) is 1.21. The summed E-state index contributed by atoms with van der Waals surface area (Å²) in [7, 11) is 0. The summed E-state index contributed by atoms with van der Waals surface area (Å²) >= 11 is 0.238. The van der Waals surface area contributed by atoms with E-state index < -0.39 is 24.2 Å². The molecule has 1 heterocycles. The van der Waals surface area contributed by atoms with Crippen molar-refractivity contribution in [1.82, 2.24) is 14.8 Å². The molecule has 0 radical (unpaired) electrons. The molecule has 3 rings (SSSR count). The Hall–Kier alpha value is -3.47. The van der Waals surface area contributed by atoms with Crippen molar-refractivity contribution in [1.29, 1.82) is 0 Å². The van der Waals surface area contributed by atoms with Crippen LogP contribution in [-0.2, 0) is 20.9 Å². The van der Waals surface area contributed by atoms with Gasteiger partial charge in [-0.15, -0.1) is 10.2 Å². The smallest absolute Gasteiger partial charge is 0.308 e. The Bertz CT molecular complexity index is 1060. The van der Waals surface area contributed by atoms with Crippen molar-refractivity contribution in [3.05, 3.63) is 54.6 Å². The third kappa shape index (κ3) is 7.28. The van der Waals surface area contributed by atoms with E-state index in [1.807, 2.05) is 13.0 Å². The number of nitrogens with one attached hydrogen (secondary N) is 1. The summed E-state index contributed by atoms with van der Waals surface area (Å²) in [5.74, 6) is -2.85. The number of amides is 1. The highest BCUT2D eigenvalue weighted by Crippen LogP contribution is 2.29. The lowest BCUT2D eigenvalue weighted by Gasteiger charge is -2.11. The second-order valence-corrected chi connectivity index (χ2v) is 7.58. The molecule has 174 valence electrons. The third-order valence-electron chi connectivity index (χ3n) is 4.30. The van der Waals surface area contributed by atoms with Gasteiger partial charge in [0.05, 0.1) is 13.0 Å². The van der Waals surface area contributed by atoms with Crippen molar-refractivity contribution in [2.75, 3.05) is 18.5 Å². The molecule has 0 atom stereocenters. The lowest BCUT2D eigenvalue weighted by atomic mass is 10.2. The number of hydrogen-bond donors (Lipinski definition) is 1. The van der Waals surface area contributed by atoms with Crippen LogP contribution in [0, 0.1) is 0 Å². The van der Waals surface area contributed by atoms with Crippen molar-refractivity contribution in [2.24, 2.45) is 0 Å². The minimum absolute atomic E-state index is 0.00371. The summed E-state index contributed by atoms with van der Waals surface area (Å²) in [6.45, 7) is 1.92. The number of benzene rings is 2. The molecule has 33 heavy (non-hydrogen) atoms. The molecule has 0 fully saturated rings. The number of hydrogen-bond acceptors (Lipinski definition) is 7. The van der Waals surface area contributed by atoms with Crippen LogP contribution in [0.5, 0.6) is 5.75 Å². The van der Waals surface area contributed by atoms with E-state index >= 15 is 0 Å². The number of carbonyl (C=O) groups excluding carboxylic acids is 2. The first-order valence-electron chi connectivity index (χ1n) is 10.1. The van der Waals surface area contributed by atoms with E-state index in [-0.39, 0.29) is 29.9 Å². The van der Waals surface area contributed by atoms with E-state index in [1.54, 1.807) is 48.5 Å². The van der Waals surface area contributed by atoms with Gasteiger partial charge in [-0.3, -0.25) is 9.59 Å². The molecule has 8 nitrogen and oxygen atoms in total. The fourth-order valence-electron chi connectivity index (χ4n) is 2.88. The molecule has 1 amide bonds. The quantitative estimate of drug-likeness (QED) is 0.327. The Labute approximate surface area is 193 Å². The number of carbonyl (C=O) groups is 2. The van der Waals surface area contributed by atoms with Gasteiger partial charge < -0.3 is 19.4 Å². The molecule has 11 heteroatoms. The van der Waals surface area contributed by atoms with Crippen LogP contribution in [0.2, 0.25) is 0 Å². The van der Waals surface area contributed by atoms with Gasteiger partial charge in [0.1, 0.15) is 5.75 Å². The van der Waals surface area contributed by atoms with Gasteiger partial charge in [0.2, 0.25) is 0 Å². The first-order chi connectivity index (χ1) is 16.0. The second-order valence-electron chi connectivity index (χ2n) is 6.62. The minimum Gasteiger partial charge on any atom is -0.494 e. The highest BCUT2D eigenvalue weighted by molar-refractivity contribution is 7.99. The monoisotopic (exact) mass is 476 g/mol. The van der Waals surface area contributed by atoms with Crippen LogP contribution in [0.1, 0.15) is 13.3 Å². The van der Waals surface area contributed by atoms with Crippen LogP contribution < -0.4 is 10.1 Å². The van der Waals surface area contributed by atoms with Gasteiger partial charge in [-0.25, -0.2) is 0 Å². The average molecular weight is 477 g/mol. The number of aromatic nitrogens is 3. The first kappa shape index (κ1) is 24.2. The molecular formula is C22H22F2N4O4S. The standard InChI is InChI=1S/C22H22F2N4O4S/c1-2-31-17-10-8-15(9-11-17)20-26-27-22(33-21(23)24)28(20)13-12-19(30)32-14-18(29)25-16-6-4-3-5-7-16/h3-11,21H,2,12-14H2,1H3,(H,25,29). The number of alkyl halides is 2. The summed E-state index contributed by atoms with van der Waals surface area (Å²) in [4.78, 5) is 24.1. The Morgan fingerprint density at radius 3 is 2.48 bits per heavy atom. The van der Waals surface area contributed by atoms with Gasteiger partial charge in [0.25, 0.3) is 11.7 Å². The zero-order valence-corrected chi connectivity index (χ0v) is 18.6. The number of esters is 1. The molecule has 0 aliphatic heterocycles. The highest BCUT2D eigenvalue weighted by atomic mass is 32.2. The maximum atomic E-state index is 13.0. The highest BCUT2D eigenvalue weighted by Gasteiger charge is 2.19. The fraction of sp³-hybridized carbons (Fsp3) is 0.273. The Morgan fingerprint density at radius 1 is 1.09 bits per heavy atom. The van der Waals surface area contributed by atoms with Gasteiger partial charge in [0, 0.05) is 17.8 Å². The number of para-hydroxylation sites is 1. The molecule has 0 unspecified atom stereocenters. The number of rotatable bonds is 11. The molecular weight excluding hydrogens is 454 g/mol. The predicted molar refractivity (Wildman–Crippen MR) is 119 cm³/mol. The molecule has 1 N–H and O–H groups in total. The molecule has 3 aromatic rings. The first-order valence-corrected chi connectivity index (χ1v) is 11.0. The summed E-state index contributed by atoms with van der Waals surface area (Å²) in [5, 5.41) is 10.4. The van der Waals surface area contributed by atoms with Crippen molar-refractivity contribution >= 4 is 29.3 Å². The van der Waals surface area contributed by atoms with E-state index in [1.165, 1.54) is 4.57 Å². The van der Waals surface area contributed by atoms with Crippen molar-refractivity contribution in [2.45, 2.75) is 30.8 Å². The number of halogens is 2. The Kier molecular flexibility index (Phi) is 8.76. The predicted octanol–water partition coefficient (Wildman–Crippen LogP) is 4.23. The van der Waals surface area contributed by atoms with Crippen LogP contribution in [-0.4, -0.2) is 45.6 Å². The van der Waals surface area contributed by atoms with E-state index in [0.717, 1.165) is 0 Å². The molecule has 0 aliphatic rings. The molecule has 0 saturated carbocycles. The maximum absolute atomic E-state index is 13.0. The lowest BCUT2D eigenvalue weighted by molar-refractivity contribution is -0.147. The topological polar surface area (TPSA) is 95.3 Å². The van der Waals surface area contributed by atoms with Gasteiger partial charge in [-0.1, -0.05) is 18.2 Å². The molecule has 0 bridgehead atoms. The normalized spacial score (nSPS) is 10.8. The summed E-state index contributed by atoms with van der Waals surface area (Å²) in [6, 6.07) is 15.7. The van der Waals surface area contributed by atoms with E-state index in [4.69, 9.17) is 9.47 Å². The van der Waals surface area contributed by atoms with Crippen LogP contribution in [0.25, 0.3) is 11.4 Å². The maximum Gasteiger partial charge on any atom is 0.308 e. The molecule has 0 saturated heterocycles. The van der Waals surface area contributed by atoms with Crippen LogP contribution in [0.3, 0.4) is 0 Å². The van der Waals surface area contributed by atoms with E-state index in [9.17, 15) is 18.4 Å². The van der Waals surface area contributed by atoms with E-state index in [0.29, 0.717) is 29.4 Å². The largest absolute Gasteiger partial charge is 0.494 e. The molecule has 2 aromatic carbocycles. The Morgan fingerprint density at radius 2 is 1.82 bits per heavy atom. The van der Waals surface area contributed by atoms with Gasteiger partial charge in [-0.05, 0) is 55.1 Å². The SMILES string of the molecule is CCOc1ccc(-c2nnc(SC(F)F)n2CCC(=O)OCC(=O)Nc2ccccc2)cc1. The average Bonchev–Trinajstić information content (AvgIpc) is 3.19. The number of nitrogens with zero attached hydrogens (tertiary/aromatic N) is 3. The lowest BCUT2D eigenvalue weighted by Crippen LogP contribution is -2.21. The molecule has 1 aromatic heterocycles. The van der Waals surface area contributed by atoms with Crippen LogP contribution in [0.4, 0.5) is 14.5 Å². The van der Waals surface area contributed by atoms with Gasteiger partial charge >= 0.3 is 5.97 Å². The Balaban J connectivity index is 1.62. The molecule has 0 aliphatic carbocycles. The number of thioether (sulfide) groups is 1. The summed E-state index contributed by atoms with van der Waals surface area (Å²) in [6.07, 6.45) is -0.155. The second kappa shape index (κ2) is 12.0. The zero-order valence-electron chi connectivity index (χ0n) is 17.7. The van der Waals surface area contributed by atoms with Crippen LogP contribution >= 0.6 is 11.8 Å². The number of anilines is 1. The molecule has 0 spiro atoms. The third-order valence-corrected chi connectivity index (χ3v) is 4.99. The zero-order chi connectivity index (χ0) is 23.6. The van der Waals surface area contributed by atoms with Crippen molar-refractivity contribution < 1.29 is 27.8 Å². The van der Waals surface area contributed by atoms with E-state index in [2.05, 4.69) is 15.5 Å². The van der Waals surface area contributed by atoms with Crippen molar-refractivity contribution in [3.63, 3.8) is 0 Å². The van der Waals surface area contributed by atoms with Crippen molar-refractivity contribution in [3.8, 4) is 17.1 Å². The minimum atomic E-state index is -2.70. The van der Waals surface area contributed by atoms with Crippen LogP contribution in [0.15, 0.2) is 59.8 Å². The van der Waals surface area contributed by atoms with Gasteiger partial charge in [0.15, 0.2) is 17.6 Å². The summed E-state index contributed by atoms with van der Waals surface area (Å²) < 4.78 is 37.8. The fourth-order valence-corrected chi connectivity index (χ4v) is 3.43. The van der Waals surface area contributed by atoms with Gasteiger partial charge in [-0.2, -0.15) is 8.78 Å². The number of ether oxygens (including phenoxy) is 2.